The van der Waals surface area contributed by atoms with Crippen LogP contribution in [0.4, 0.5) is 18.9 Å². The molecule has 0 N–H and O–H groups in total. The average molecular weight is 475 g/mol. The first-order chi connectivity index (χ1) is 16.3. The fourth-order valence-electron chi connectivity index (χ4n) is 3.34. The molecule has 1 fully saturated rings. The minimum atomic E-state index is -4.97. The van der Waals surface area contributed by atoms with Crippen LogP contribution in [-0.2, 0) is 20.8 Å². The number of hydrogen-bond donors (Lipinski definition) is 0. The van der Waals surface area contributed by atoms with Gasteiger partial charge in [-0.05, 0) is 35.7 Å². The van der Waals surface area contributed by atoms with E-state index in [0.717, 1.165) is 5.56 Å². The SMILES string of the molecule is CC1O[C@@H](OC(=Nc2ccccc2)C(F)(F)F)C(N=[N+]=[N-])C(OCc2ccccc2)[C@@H]1N=[N+]=[N-]. The lowest BCUT2D eigenvalue weighted by molar-refractivity contribution is -0.216. The molecule has 0 saturated carbocycles. The molecule has 1 heterocycles. The zero-order chi connectivity index (χ0) is 24.6. The Morgan fingerprint density at radius 3 is 2.15 bits per heavy atom. The molecule has 1 saturated heterocycles. The largest absolute Gasteiger partial charge is 0.468 e. The number of ether oxygens (including phenoxy) is 3. The molecule has 0 aromatic heterocycles. The van der Waals surface area contributed by atoms with Crippen LogP contribution in [0.15, 0.2) is 75.9 Å². The van der Waals surface area contributed by atoms with E-state index in [2.05, 4.69) is 25.0 Å². The molecule has 3 rings (SSSR count). The number of alkyl halides is 3. The van der Waals surface area contributed by atoms with Gasteiger partial charge in [-0.2, -0.15) is 13.2 Å². The van der Waals surface area contributed by atoms with Gasteiger partial charge in [-0.15, -0.1) is 0 Å². The molecule has 2 aromatic carbocycles. The van der Waals surface area contributed by atoms with Crippen LogP contribution in [0.3, 0.4) is 0 Å². The monoisotopic (exact) mass is 475 g/mol. The van der Waals surface area contributed by atoms with Gasteiger partial charge in [-0.1, -0.05) is 58.8 Å². The van der Waals surface area contributed by atoms with E-state index in [1.165, 1.54) is 31.2 Å². The van der Waals surface area contributed by atoms with Gasteiger partial charge in [0.1, 0.15) is 6.04 Å². The molecule has 178 valence electrons. The van der Waals surface area contributed by atoms with Crippen LogP contribution in [0, 0.1) is 0 Å². The lowest BCUT2D eigenvalue weighted by Gasteiger charge is -2.42. The van der Waals surface area contributed by atoms with Crippen molar-refractivity contribution in [3.63, 3.8) is 0 Å². The van der Waals surface area contributed by atoms with Crippen LogP contribution < -0.4 is 0 Å². The van der Waals surface area contributed by atoms with Crippen LogP contribution in [0.5, 0.6) is 0 Å². The summed E-state index contributed by atoms with van der Waals surface area (Å²) < 4.78 is 57.7. The van der Waals surface area contributed by atoms with Crippen molar-refractivity contribution in [3.05, 3.63) is 87.1 Å². The molecule has 10 nitrogen and oxygen atoms in total. The molecule has 1 aliphatic rings. The van der Waals surface area contributed by atoms with Crippen molar-refractivity contribution in [2.24, 2.45) is 15.2 Å². The molecule has 13 heteroatoms. The van der Waals surface area contributed by atoms with E-state index in [9.17, 15) is 13.2 Å². The topological polar surface area (TPSA) is 138 Å². The number of para-hydroxylation sites is 1. The second kappa shape index (κ2) is 11.4. The first-order valence-corrected chi connectivity index (χ1v) is 10.1. The third-order valence-corrected chi connectivity index (χ3v) is 4.89. The average Bonchev–Trinajstić information content (AvgIpc) is 2.81. The first-order valence-electron chi connectivity index (χ1n) is 10.1. The molecule has 34 heavy (non-hydrogen) atoms. The summed E-state index contributed by atoms with van der Waals surface area (Å²) >= 11 is 0. The van der Waals surface area contributed by atoms with Crippen LogP contribution in [0.2, 0.25) is 0 Å². The molecule has 2 aromatic rings. The van der Waals surface area contributed by atoms with E-state index < -0.39 is 42.7 Å². The van der Waals surface area contributed by atoms with Crippen LogP contribution in [-0.4, -0.2) is 42.7 Å². The fourth-order valence-corrected chi connectivity index (χ4v) is 3.34. The Bertz CT molecular complexity index is 1070. The Morgan fingerprint density at radius 2 is 1.56 bits per heavy atom. The van der Waals surface area contributed by atoms with Gasteiger partial charge in [0.25, 0.3) is 5.90 Å². The molecular weight excluding hydrogens is 455 g/mol. The highest BCUT2D eigenvalue weighted by Gasteiger charge is 2.49. The Hall–Kier alpha value is -3.76. The van der Waals surface area contributed by atoms with Crippen molar-refractivity contribution in [1.82, 2.24) is 0 Å². The molecule has 3 unspecified atom stereocenters. The summed E-state index contributed by atoms with van der Waals surface area (Å²) in [5, 5.41) is 7.23. The number of aliphatic imine (C=N–C) groups is 1. The van der Waals surface area contributed by atoms with E-state index in [1.54, 1.807) is 36.4 Å². The van der Waals surface area contributed by atoms with E-state index in [4.69, 9.17) is 25.3 Å². The summed E-state index contributed by atoms with van der Waals surface area (Å²) in [6, 6.07) is 13.9. The van der Waals surface area contributed by atoms with Crippen molar-refractivity contribution in [2.45, 2.75) is 50.3 Å². The van der Waals surface area contributed by atoms with Crippen molar-refractivity contribution in [3.8, 4) is 0 Å². The standard InChI is InChI=1S/C21H20F3N7O3/c1-13-16(28-30-25)18(32-12-14-8-4-2-5-9-14)17(29-31-26)19(33-13)34-20(21(22,23)24)27-15-10-6-3-7-11-15/h2-11,13,16-19H,12H2,1H3/t13?,16-,17?,18?,19+/m1/s1. The van der Waals surface area contributed by atoms with Crippen molar-refractivity contribution < 1.29 is 27.4 Å². The molecule has 0 bridgehead atoms. The fraction of sp³-hybridized carbons (Fsp3) is 0.381. The second-order valence-electron chi connectivity index (χ2n) is 7.23. The molecule has 1 aliphatic heterocycles. The Kier molecular flexibility index (Phi) is 8.34. The second-order valence-corrected chi connectivity index (χ2v) is 7.23. The number of rotatable bonds is 7. The summed E-state index contributed by atoms with van der Waals surface area (Å²) in [6.45, 7) is 1.51. The van der Waals surface area contributed by atoms with Gasteiger partial charge in [0, 0.05) is 9.82 Å². The zero-order valence-corrected chi connectivity index (χ0v) is 17.9. The predicted molar refractivity (Wildman–Crippen MR) is 116 cm³/mol. The van der Waals surface area contributed by atoms with Crippen molar-refractivity contribution >= 4 is 11.6 Å². The van der Waals surface area contributed by atoms with E-state index in [-0.39, 0.29) is 12.3 Å². The quantitative estimate of drug-likeness (QED) is 0.160. The molecule has 0 amide bonds. The third kappa shape index (κ3) is 6.40. The van der Waals surface area contributed by atoms with Gasteiger partial charge in [-0.25, -0.2) is 4.99 Å². The van der Waals surface area contributed by atoms with Gasteiger partial charge >= 0.3 is 6.18 Å². The van der Waals surface area contributed by atoms with E-state index in [0.29, 0.717) is 0 Å². The molecule has 5 atom stereocenters. The van der Waals surface area contributed by atoms with Gasteiger partial charge < -0.3 is 14.2 Å². The highest BCUT2D eigenvalue weighted by Crippen LogP contribution is 2.32. The number of benzene rings is 2. The highest BCUT2D eigenvalue weighted by atomic mass is 19.4. The lowest BCUT2D eigenvalue weighted by atomic mass is 9.96. The maximum absolute atomic E-state index is 13.7. The maximum Gasteiger partial charge on any atom is 0.468 e. The minimum absolute atomic E-state index is 0.00264. The van der Waals surface area contributed by atoms with Gasteiger partial charge in [0.05, 0.1) is 30.5 Å². The van der Waals surface area contributed by atoms with E-state index in [1.807, 2.05) is 0 Å². The summed E-state index contributed by atoms with van der Waals surface area (Å²) in [5.74, 6) is -1.59. The Morgan fingerprint density at radius 1 is 0.971 bits per heavy atom. The number of nitrogens with zero attached hydrogens (tertiary/aromatic N) is 7. The number of halogens is 3. The van der Waals surface area contributed by atoms with Crippen molar-refractivity contribution in [2.75, 3.05) is 0 Å². The van der Waals surface area contributed by atoms with Crippen LogP contribution in [0.25, 0.3) is 20.9 Å². The highest BCUT2D eigenvalue weighted by molar-refractivity contribution is 5.84. The predicted octanol–water partition coefficient (Wildman–Crippen LogP) is 5.98. The summed E-state index contributed by atoms with van der Waals surface area (Å²) in [6.07, 6.45) is -8.73. The zero-order valence-electron chi connectivity index (χ0n) is 17.9. The van der Waals surface area contributed by atoms with Gasteiger partial charge in [0.2, 0.25) is 6.29 Å². The molecule has 0 spiro atoms. The molecule has 0 aliphatic carbocycles. The normalized spacial score (nSPS) is 25.1. The smallest absolute Gasteiger partial charge is 0.444 e. The minimum Gasteiger partial charge on any atom is -0.444 e. The Balaban J connectivity index is 1.94. The number of azide groups is 2. The number of hydrogen-bond acceptors (Lipinski definition) is 6. The van der Waals surface area contributed by atoms with Gasteiger partial charge in [-0.3, -0.25) is 0 Å². The third-order valence-electron chi connectivity index (χ3n) is 4.89. The lowest BCUT2D eigenvalue weighted by Crippen LogP contribution is -2.57. The van der Waals surface area contributed by atoms with E-state index >= 15 is 0 Å². The molecular formula is C21H20F3N7O3. The molecule has 0 radical (unpaired) electrons. The van der Waals surface area contributed by atoms with Crippen LogP contribution >= 0.6 is 0 Å². The Labute approximate surface area is 192 Å². The summed E-state index contributed by atoms with van der Waals surface area (Å²) in [4.78, 5) is 9.04. The maximum atomic E-state index is 13.7. The van der Waals surface area contributed by atoms with Crippen molar-refractivity contribution in [1.29, 1.82) is 0 Å². The first kappa shape index (κ1) is 24.9. The summed E-state index contributed by atoms with van der Waals surface area (Å²) in [5.41, 5.74) is 18.8. The summed E-state index contributed by atoms with van der Waals surface area (Å²) in [7, 11) is 0. The van der Waals surface area contributed by atoms with Gasteiger partial charge in [0.15, 0.2) is 0 Å². The van der Waals surface area contributed by atoms with Crippen LogP contribution in [0.1, 0.15) is 12.5 Å².